The van der Waals surface area contributed by atoms with Gasteiger partial charge in [0.1, 0.15) is 11.5 Å². The number of carbonyl (C=O) groups excluding carboxylic acids is 2. The highest BCUT2D eigenvalue weighted by Gasteiger charge is 2.35. The number of Topliss-reactive ketones (excluding diaryl/α,β-unsaturated/α-hetero) is 1. The van der Waals surface area contributed by atoms with Crippen molar-refractivity contribution in [1.29, 1.82) is 0 Å². The first kappa shape index (κ1) is 26.3. The number of nitrogens with zero attached hydrogens (tertiary/aromatic N) is 1. The topological polar surface area (TPSA) is 104 Å². The van der Waals surface area contributed by atoms with Crippen molar-refractivity contribution in [2.75, 3.05) is 41.0 Å². The van der Waals surface area contributed by atoms with Crippen LogP contribution in [0, 0.1) is 12.8 Å². The molecule has 2 heterocycles. The molecule has 4 rings (SSSR count). The molecule has 1 fully saturated rings. The summed E-state index contributed by atoms with van der Waals surface area (Å²) in [6.45, 7) is 5.69. The number of ether oxygens (including phenoxy) is 5. The average molecular weight is 512 g/mol. The van der Waals surface area contributed by atoms with Gasteiger partial charge < -0.3 is 28.8 Å². The van der Waals surface area contributed by atoms with Crippen molar-refractivity contribution >= 4 is 17.8 Å². The molecule has 2 aromatic rings. The molecule has 0 aromatic heterocycles. The number of fused-ring (bicyclic) bond motifs is 1. The fraction of sp³-hybridized carbons (Fsp3) is 0.429. The van der Waals surface area contributed by atoms with Gasteiger partial charge in [0.2, 0.25) is 11.5 Å². The Kier molecular flexibility index (Phi) is 7.92. The molecular weight excluding hydrogens is 478 g/mol. The Balaban J connectivity index is 1.62. The van der Waals surface area contributed by atoms with E-state index < -0.39 is 0 Å². The molecule has 0 spiro atoms. The zero-order valence-electron chi connectivity index (χ0n) is 21.9. The van der Waals surface area contributed by atoms with Gasteiger partial charge in [-0.2, -0.15) is 0 Å². The fourth-order valence-corrected chi connectivity index (χ4v) is 4.92. The molecule has 0 radical (unpaired) electrons. The summed E-state index contributed by atoms with van der Waals surface area (Å²) < 4.78 is 27.6. The number of methoxy groups -OCH3 is 3. The largest absolute Gasteiger partial charge is 0.507 e. The molecule has 2 aromatic carbocycles. The zero-order valence-corrected chi connectivity index (χ0v) is 21.9. The molecule has 9 nitrogen and oxygen atoms in total. The maximum absolute atomic E-state index is 13.4. The van der Waals surface area contributed by atoms with Crippen molar-refractivity contribution in [3.63, 3.8) is 0 Å². The number of benzene rings is 2. The third-order valence-electron chi connectivity index (χ3n) is 6.83. The molecule has 37 heavy (non-hydrogen) atoms. The predicted molar refractivity (Wildman–Crippen MR) is 137 cm³/mol. The van der Waals surface area contributed by atoms with Gasteiger partial charge in [0.05, 0.1) is 45.0 Å². The molecule has 0 bridgehead atoms. The molecule has 1 N–H and O–H groups in total. The first-order chi connectivity index (χ1) is 17.8. The Morgan fingerprint density at radius 2 is 1.84 bits per heavy atom. The number of hydrogen-bond acceptors (Lipinski definition) is 9. The minimum atomic E-state index is -0.272. The number of aryl methyl sites for hydroxylation is 1. The summed E-state index contributed by atoms with van der Waals surface area (Å²) >= 11 is 0. The molecular formula is C28H33NO8. The Bertz CT molecular complexity index is 1230. The number of rotatable bonds is 8. The number of esters is 1. The molecule has 0 atom stereocenters. The monoisotopic (exact) mass is 511 g/mol. The average Bonchev–Trinajstić information content (AvgIpc) is 3.22. The van der Waals surface area contributed by atoms with E-state index in [0.29, 0.717) is 84.3 Å². The van der Waals surface area contributed by atoms with Crippen LogP contribution >= 0.6 is 0 Å². The second kappa shape index (κ2) is 11.1. The highest BCUT2D eigenvalue weighted by Crippen LogP contribution is 2.45. The van der Waals surface area contributed by atoms with E-state index in [1.165, 1.54) is 21.3 Å². The number of phenols is 1. The van der Waals surface area contributed by atoms with Crippen LogP contribution in [0.4, 0.5) is 0 Å². The van der Waals surface area contributed by atoms with Crippen LogP contribution in [-0.2, 0) is 16.1 Å². The summed E-state index contributed by atoms with van der Waals surface area (Å²) in [5, 5.41) is 10.8. The van der Waals surface area contributed by atoms with Crippen LogP contribution in [0.15, 0.2) is 24.0 Å². The van der Waals surface area contributed by atoms with Crippen LogP contribution in [0.5, 0.6) is 28.7 Å². The Morgan fingerprint density at radius 3 is 2.46 bits per heavy atom. The lowest BCUT2D eigenvalue weighted by Crippen LogP contribution is -2.36. The number of piperidine rings is 1. The van der Waals surface area contributed by atoms with Crippen molar-refractivity contribution in [3.05, 3.63) is 46.2 Å². The van der Waals surface area contributed by atoms with Gasteiger partial charge in [-0.3, -0.25) is 14.5 Å². The number of aromatic hydroxyl groups is 1. The Labute approximate surface area is 216 Å². The van der Waals surface area contributed by atoms with E-state index in [4.69, 9.17) is 23.7 Å². The normalized spacial score (nSPS) is 16.9. The van der Waals surface area contributed by atoms with Gasteiger partial charge in [-0.15, -0.1) is 0 Å². The number of hydrogen-bond donors (Lipinski definition) is 1. The molecule has 9 heteroatoms. The lowest BCUT2D eigenvalue weighted by molar-refractivity contribution is -0.149. The molecule has 0 aliphatic carbocycles. The van der Waals surface area contributed by atoms with E-state index in [2.05, 4.69) is 4.90 Å². The van der Waals surface area contributed by atoms with Gasteiger partial charge in [-0.1, -0.05) is 0 Å². The van der Waals surface area contributed by atoms with Crippen molar-refractivity contribution in [1.82, 2.24) is 4.90 Å². The van der Waals surface area contributed by atoms with E-state index >= 15 is 0 Å². The second-order valence-corrected chi connectivity index (χ2v) is 9.06. The molecule has 0 amide bonds. The minimum absolute atomic E-state index is 0.0708. The van der Waals surface area contributed by atoms with Crippen LogP contribution in [-0.4, -0.2) is 62.8 Å². The standard InChI is InChI=1S/C28H33NO8/c1-6-36-28(32)17-9-11-29(12-10-17)15-19-20(30)13-16(2)23-24(31)22(37-26(19)23)14-18-7-8-21(33-3)27(35-5)25(18)34-4/h7-8,13-14,17,30H,6,9-12,15H2,1-5H3/b22-14+. The summed E-state index contributed by atoms with van der Waals surface area (Å²) in [5.41, 5.74) is 2.19. The third kappa shape index (κ3) is 5.09. The maximum Gasteiger partial charge on any atom is 0.309 e. The summed E-state index contributed by atoms with van der Waals surface area (Å²) in [6.07, 6.45) is 2.96. The van der Waals surface area contributed by atoms with E-state index in [9.17, 15) is 14.7 Å². The molecule has 198 valence electrons. The van der Waals surface area contributed by atoms with Crippen LogP contribution in [0.25, 0.3) is 6.08 Å². The highest BCUT2D eigenvalue weighted by atomic mass is 16.5. The third-order valence-corrected chi connectivity index (χ3v) is 6.83. The molecule has 2 aliphatic heterocycles. The minimum Gasteiger partial charge on any atom is -0.507 e. The number of ketones is 1. The van der Waals surface area contributed by atoms with Crippen LogP contribution in [0.2, 0.25) is 0 Å². The van der Waals surface area contributed by atoms with E-state index in [0.717, 1.165) is 0 Å². The van der Waals surface area contributed by atoms with Crippen molar-refractivity contribution in [3.8, 4) is 28.7 Å². The Hall–Kier alpha value is -3.72. The first-order valence-corrected chi connectivity index (χ1v) is 12.3. The van der Waals surface area contributed by atoms with Crippen molar-refractivity contribution in [2.45, 2.75) is 33.2 Å². The van der Waals surface area contributed by atoms with Gasteiger partial charge >= 0.3 is 5.97 Å². The van der Waals surface area contributed by atoms with Crippen LogP contribution in [0.1, 0.15) is 46.8 Å². The van der Waals surface area contributed by atoms with Gasteiger partial charge in [-0.25, -0.2) is 0 Å². The number of allylic oxidation sites excluding steroid dienone is 1. The smallest absolute Gasteiger partial charge is 0.309 e. The first-order valence-electron chi connectivity index (χ1n) is 12.3. The van der Waals surface area contributed by atoms with Gasteiger partial charge in [0.15, 0.2) is 17.3 Å². The summed E-state index contributed by atoms with van der Waals surface area (Å²) in [4.78, 5) is 27.6. The lowest BCUT2D eigenvalue weighted by atomic mass is 9.95. The van der Waals surface area contributed by atoms with E-state index in [1.807, 2.05) is 0 Å². The van der Waals surface area contributed by atoms with Crippen LogP contribution < -0.4 is 18.9 Å². The summed E-state index contributed by atoms with van der Waals surface area (Å²) in [6, 6.07) is 5.08. The fourth-order valence-electron chi connectivity index (χ4n) is 4.92. The van der Waals surface area contributed by atoms with Gasteiger partial charge in [-0.05, 0) is 69.6 Å². The number of carbonyl (C=O) groups is 2. The van der Waals surface area contributed by atoms with Gasteiger partial charge in [0.25, 0.3) is 0 Å². The molecule has 0 saturated carbocycles. The SMILES string of the molecule is CCOC(=O)C1CCN(Cc2c(O)cc(C)c3c2O/C(=C/c2ccc(OC)c(OC)c2OC)C3=O)CC1. The number of likely N-dealkylation sites (tertiary alicyclic amines) is 1. The van der Waals surface area contributed by atoms with Crippen LogP contribution in [0.3, 0.4) is 0 Å². The molecule has 1 saturated heterocycles. The summed E-state index contributed by atoms with van der Waals surface area (Å²) in [5.74, 6) is 1.32. The van der Waals surface area contributed by atoms with Gasteiger partial charge in [0, 0.05) is 12.1 Å². The molecule has 0 unspecified atom stereocenters. The van der Waals surface area contributed by atoms with E-state index in [1.54, 1.807) is 38.1 Å². The van der Waals surface area contributed by atoms with E-state index in [-0.39, 0.29) is 29.2 Å². The molecule has 2 aliphatic rings. The predicted octanol–water partition coefficient (Wildman–Crippen LogP) is 4.12. The maximum atomic E-state index is 13.4. The summed E-state index contributed by atoms with van der Waals surface area (Å²) in [7, 11) is 4.56. The lowest BCUT2D eigenvalue weighted by Gasteiger charge is -2.31. The second-order valence-electron chi connectivity index (χ2n) is 9.06. The highest BCUT2D eigenvalue weighted by molar-refractivity contribution is 6.16. The zero-order chi connectivity index (χ0) is 26.7. The Morgan fingerprint density at radius 1 is 1.14 bits per heavy atom. The quantitative estimate of drug-likeness (QED) is 0.414. The van der Waals surface area contributed by atoms with Crippen molar-refractivity contribution in [2.24, 2.45) is 5.92 Å². The number of phenolic OH excluding ortho intramolecular Hbond substituents is 1. The van der Waals surface area contributed by atoms with Crippen molar-refractivity contribution < 1.29 is 38.4 Å².